The van der Waals surface area contributed by atoms with Gasteiger partial charge in [-0.2, -0.15) is 0 Å². The zero-order chi connectivity index (χ0) is 24.3. The summed E-state index contributed by atoms with van der Waals surface area (Å²) in [6, 6.07) is 19.9. The minimum absolute atomic E-state index is 0.0402. The van der Waals surface area contributed by atoms with Crippen molar-refractivity contribution in [2.45, 2.75) is 26.2 Å². The number of halogens is 1. The molecule has 0 atom stereocenters. The number of hydrogen-bond donors (Lipinski definition) is 1. The number of ether oxygens (including phenoxy) is 2. The summed E-state index contributed by atoms with van der Waals surface area (Å²) in [5, 5.41) is 3.33. The highest BCUT2D eigenvalue weighted by Gasteiger charge is 2.26. The van der Waals surface area contributed by atoms with Crippen LogP contribution in [0.3, 0.4) is 0 Å². The van der Waals surface area contributed by atoms with Gasteiger partial charge in [-0.3, -0.25) is 9.59 Å². The molecule has 6 nitrogen and oxygen atoms in total. The number of rotatable bonds is 6. The molecule has 34 heavy (non-hydrogen) atoms. The first-order valence-electron chi connectivity index (χ1n) is 11.1. The lowest BCUT2D eigenvalue weighted by atomic mass is 9.87. The highest BCUT2D eigenvalue weighted by atomic mass is 35.5. The highest BCUT2D eigenvalue weighted by Crippen LogP contribution is 2.34. The second kappa shape index (κ2) is 9.77. The summed E-state index contributed by atoms with van der Waals surface area (Å²) < 4.78 is 11.5. The van der Waals surface area contributed by atoms with Crippen molar-refractivity contribution in [2.24, 2.45) is 0 Å². The molecule has 0 saturated carbocycles. The van der Waals surface area contributed by atoms with Gasteiger partial charge in [0.05, 0.1) is 12.2 Å². The zero-order valence-electron chi connectivity index (χ0n) is 19.4. The number of hydrogen-bond acceptors (Lipinski definition) is 4. The van der Waals surface area contributed by atoms with Crippen molar-refractivity contribution in [1.82, 2.24) is 0 Å². The SMILES string of the molecule is CC(C)(C)c1ccc(OCCN2C(=O)COc3ccc(NC(=O)c4cccc(Cl)c4)cc32)cc1. The van der Waals surface area contributed by atoms with Crippen molar-refractivity contribution in [3.05, 3.63) is 82.9 Å². The molecule has 1 aliphatic heterocycles. The van der Waals surface area contributed by atoms with E-state index in [1.807, 2.05) is 12.1 Å². The van der Waals surface area contributed by atoms with Crippen LogP contribution in [0.2, 0.25) is 5.02 Å². The van der Waals surface area contributed by atoms with Crippen LogP contribution in [-0.4, -0.2) is 31.6 Å². The molecule has 3 aromatic carbocycles. The largest absolute Gasteiger partial charge is 0.492 e. The van der Waals surface area contributed by atoms with Gasteiger partial charge < -0.3 is 19.7 Å². The van der Waals surface area contributed by atoms with E-state index in [9.17, 15) is 9.59 Å². The maximum absolute atomic E-state index is 12.6. The number of amides is 2. The Bertz CT molecular complexity index is 1200. The van der Waals surface area contributed by atoms with Gasteiger partial charge in [-0.15, -0.1) is 0 Å². The second-order valence-corrected chi connectivity index (χ2v) is 9.54. The molecule has 176 valence electrons. The molecule has 0 aromatic heterocycles. The Morgan fingerprint density at radius 3 is 2.56 bits per heavy atom. The van der Waals surface area contributed by atoms with E-state index < -0.39 is 0 Å². The van der Waals surface area contributed by atoms with Crippen LogP contribution in [0.15, 0.2) is 66.7 Å². The molecule has 3 aromatic rings. The molecule has 7 heteroatoms. The maximum Gasteiger partial charge on any atom is 0.265 e. The lowest BCUT2D eigenvalue weighted by Crippen LogP contribution is -2.41. The van der Waals surface area contributed by atoms with Crippen LogP contribution < -0.4 is 19.7 Å². The predicted molar refractivity (Wildman–Crippen MR) is 134 cm³/mol. The van der Waals surface area contributed by atoms with E-state index in [-0.39, 0.29) is 23.8 Å². The Morgan fingerprint density at radius 2 is 1.85 bits per heavy atom. The summed E-state index contributed by atoms with van der Waals surface area (Å²) in [7, 11) is 0. The number of nitrogens with zero attached hydrogens (tertiary/aromatic N) is 1. The summed E-state index contributed by atoms with van der Waals surface area (Å²) in [4.78, 5) is 26.8. The number of nitrogens with one attached hydrogen (secondary N) is 1. The molecule has 0 unspecified atom stereocenters. The first-order valence-corrected chi connectivity index (χ1v) is 11.5. The summed E-state index contributed by atoms with van der Waals surface area (Å²) >= 11 is 5.99. The normalized spacial score (nSPS) is 13.2. The van der Waals surface area contributed by atoms with Gasteiger partial charge in [-0.05, 0) is 59.5 Å². The fourth-order valence-corrected chi connectivity index (χ4v) is 3.85. The van der Waals surface area contributed by atoms with E-state index in [0.29, 0.717) is 40.9 Å². The Labute approximate surface area is 204 Å². The van der Waals surface area contributed by atoms with E-state index in [1.165, 1.54) is 5.56 Å². The molecule has 0 radical (unpaired) electrons. The molecule has 1 aliphatic rings. The van der Waals surface area contributed by atoms with Gasteiger partial charge in [0, 0.05) is 16.3 Å². The van der Waals surface area contributed by atoms with Crippen molar-refractivity contribution >= 4 is 34.8 Å². The summed E-state index contributed by atoms with van der Waals surface area (Å²) in [5.74, 6) is 0.864. The van der Waals surface area contributed by atoms with Crippen LogP contribution in [0.1, 0.15) is 36.7 Å². The lowest BCUT2D eigenvalue weighted by molar-refractivity contribution is -0.121. The predicted octanol–water partition coefficient (Wildman–Crippen LogP) is 5.69. The minimum atomic E-state index is -0.293. The average molecular weight is 479 g/mol. The first kappa shape index (κ1) is 23.6. The zero-order valence-corrected chi connectivity index (χ0v) is 20.2. The summed E-state index contributed by atoms with van der Waals surface area (Å²) in [6.07, 6.45) is 0. The third-order valence-electron chi connectivity index (χ3n) is 5.55. The Hall–Kier alpha value is -3.51. The van der Waals surface area contributed by atoms with Crippen LogP contribution in [-0.2, 0) is 10.2 Å². The van der Waals surface area contributed by atoms with Gasteiger partial charge in [0.1, 0.15) is 18.1 Å². The standard InChI is InChI=1S/C27H27ClN2O4/c1-27(2,3)19-7-10-22(11-8-19)33-14-13-30-23-16-21(9-12-24(23)34-17-25(30)31)29-26(32)18-5-4-6-20(28)15-18/h4-12,15-16H,13-14,17H2,1-3H3,(H,29,32). The fourth-order valence-electron chi connectivity index (χ4n) is 3.66. The van der Waals surface area contributed by atoms with E-state index in [2.05, 4.69) is 38.2 Å². The number of carbonyl (C=O) groups excluding carboxylic acids is 2. The average Bonchev–Trinajstić information content (AvgIpc) is 2.80. The van der Waals surface area contributed by atoms with Crippen LogP contribution in [0.5, 0.6) is 11.5 Å². The smallest absolute Gasteiger partial charge is 0.265 e. The Kier molecular flexibility index (Phi) is 6.80. The first-order chi connectivity index (χ1) is 16.2. The molecule has 0 saturated heterocycles. The molecule has 0 aliphatic carbocycles. The monoisotopic (exact) mass is 478 g/mol. The van der Waals surface area contributed by atoms with Crippen molar-refractivity contribution in [3.8, 4) is 11.5 Å². The van der Waals surface area contributed by atoms with E-state index in [1.54, 1.807) is 47.4 Å². The molecule has 4 rings (SSSR count). The van der Waals surface area contributed by atoms with E-state index in [0.717, 1.165) is 5.75 Å². The van der Waals surface area contributed by atoms with Gasteiger partial charge >= 0.3 is 0 Å². The second-order valence-electron chi connectivity index (χ2n) is 9.10. The number of fused-ring (bicyclic) bond motifs is 1. The van der Waals surface area contributed by atoms with Crippen LogP contribution >= 0.6 is 11.6 Å². The van der Waals surface area contributed by atoms with Crippen molar-refractivity contribution in [2.75, 3.05) is 30.0 Å². The minimum Gasteiger partial charge on any atom is -0.492 e. The van der Waals surface area contributed by atoms with Gasteiger partial charge in [-0.1, -0.05) is 50.6 Å². The van der Waals surface area contributed by atoms with E-state index in [4.69, 9.17) is 21.1 Å². The summed E-state index contributed by atoms with van der Waals surface area (Å²) in [5.41, 5.74) is 2.88. The van der Waals surface area contributed by atoms with Gasteiger partial charge in [-0.25, -0.2) is 0 Å². The van der Waals surface area contributed by atoms with Gasteiger partial charge in [0.15, 0.2) is 6.61 Å². The molecule has 1 heterocycles. The molecule has 2 amide bonds. The number of benzene rings is 3. The van der Waals surface area contributed by atoms with Crippen LogP contribution in [0.25, 0.3) is 0 Å². The molecular weight excluding hydrogens is 452 g/mol. The highest BCUT2D eigenvalue weighted by molar-refractivity contribution is 6.31. The molecule has 1 N–H and O–H groups in total. The van der Waals surface area contributed by atoms with Crippen molar-refractivity contribution in [1.29, 1.82) is 0 Å². The molecule has 0 bridgehead atoms. The third-order valence-corrected chi connectivity index (χ3v) is 5.79. The van der Waals surface area contributed by atoms with Crippen LogP contribution in [0.4, 0.5) is 11.4 Å². The lowest BCUT2D eigenvalue weighted by Gasteiger charge is -2.29. The number of carbonyl (C=O) groups is 2. The Balaban J connectivity index is 1.44. The van der Waals surface area contributed by atoms with Crippen LogP contribution in [0, 0.1) is 0 Å². The third kappa shape index (κ3) is 5.51. The maximum atomic E-state index is 12.6. The van der Waals surface area contributed by atoms with Crippen molar-refractivity contribution in [3.63, 3.8) is 0 Å². The quantitative estimate of drug-likeness (QED) is 0.494. The van der Waals surface area contributed by atoms with E-state index >= 15 is 0 Å². The van der Waals surface area contributed by atoms with Gasteiger partial charge in [0.2, 0.25) is 0 Å². The fraction of sp³-hybridized carbons (Fsp3) is 0.259. The molecule has 0 fully saturated rings. The topological polar surface area (TPSA) is 67.9 Å². The van der Waals surface area contributed by atoms with Gasteiger partial charge in [0.25, 0.3) is 11.8 Å². The molecular formula is C27H27ClN2O4. The molecule has 0 spiro atoms. The number of anilines is 2. The Morgan fingerprint density at radius 1 is 1.09 bits per heavy atom. The van der Waals surface area contributed by atoms with Crippen molar-refractivity contribution < 1.29 is 19.1 Å². The summed E-state index contributed by atoms with van der Waals surface area (Å²) in [6.45, 7) is 7.12.